The Morgan fingerprint density at radius 2 is 1.88 bits per heavy atom. The Kier molecular flexibility index (Phi) is 4.62. The first-order valence-electron chi connectivity index (χ1n) is 8.36. The Labute approximate surface area is 148 Å². The highest BCUT2D eigenvalue weighted by atomic mass is 16.5. The second-order valence-electron chi connectivity index (χ2n) is 6.87. The molecule has 130 valence electrons. The number of carbonyl (C=O) groups excluding carboxylic acids is 1. The van der Waals surface area contributed by atoms with Gasteiger partial charge in [-0.1, -0.05) is 24.3 Å². The molecule has 0 aliphatic carbocycles. The molecule has 3 rings (SSSR count). The molecule has 2 aromatic carbocycles. The zero-order valence-electron chi connectivity index (χ0n) is 15.1. The van der Waals surface area contributed by atoms with Crippen LogP contribution < -0.4 is 9.47 Å². The van der Waals surface area contributed by atoms with Crippen LogP contribution in [0.1, 0.15) is 41.8 Å². The monoisotopic (exact) mass is 337 g/mol. The number of methoxy groups -OCH3 is 2. The van der Waals surface area contributed by atoms with Gasteiger partial charge in [0, 0.05) is 6.07 Å². The van der Waals surface area contributed by atoms with Crippen molar-refractivity contribution in [3.63, 3.8) is 0 Å². The van der Waals surface area contributed by atoms with Crippen LogP contribution in [0.5, 0.6) is 11.5 Å². The summed E-state index contributed by atoms with van der Waals surface area (Å²) in [6, 6.07) is 13.4. The first kappa shape index (κ1) is 17.2. The van der Waals surface area contributed by atoms with Crippen LogP contribution in [-0.4, -0.2) is 31.3 Å². The van der Waals surface area contributed by atoms with Crippen LogP contribution in [0.2, 0.25) is 0 Å². The number of fused-ring (bicyclic) bond motifs is 1. The Morgan fingerprint density at radius 1 is 1.12 bits per heavy atom. The van der Waals surface area contributed by atoms with Gasteiger partial charge in [0.25, 0.3) is 0 Å². The maximum atomic E-state index is 12.9. The smallest absolute Gasteiger partial charge is 0.172 e. The van der Waals surface area contributed by atoms with E-state index in [2.05, 4.69) is 19.9 Å². The molecule has 0 unspecified atom stereocenters. The molecule has 0 N–H and O–H groups in total. The molecule has 0 spiro atoms. The molecule has 2 aromatic rings. The Hall–Kier alpha value is -2.62. The van der Waals surface area contributed by atoms with Crippen LogP contribution >= 0.6 is 0 Å². The fourth-order valence-corrected chi connectivity index (χ4v) is 3.30. The minimum Gasteiger partial charge on any atom is -0.497 e. The predicted octanol–water partition coefficient (Wildman–Crippen LogP) is 4.10. The van der Waals surface area contributed by atoms with Crippen LogP contribution in [0, 0.1) is 0 Å². The van der Waals surface area contributed by atoms with Crippen molar-refractivity contribution in [2.75, 3.05) is 14.2 Å². The van der Waals surface area contributed by atoms with Crippen molar-refractivity contribution in [2.45, 2.75) is 32.2 Å². The normalized spacial score (nSPS) is 15.1. The number of ketones is 1. The van der Waals surface area contributed by atoms with Gasteiger partial charge in [-0.25, -0.2) is 0 Å². The van der Waals surface area contributed by atoms with Crippen molar-refractivity contribution in [3.05, 3.63) is 59.2 Å². The van der Waals surface area contributed by atoms with Crippen LogP contribution in [0.15, 0.2) is 47.5 Å². The molecule has 4 heteroatoms. The van der Waals surface area contributed by atoms with E-state index in [1.807, 2.05) is 18.2 Å². The molecule has 4 nitrogen and oxygen atoms in total. The molecular formula is C21H23NO3. The Morgan fingerprint density at radius 3 is 2.60 bits per heavy atom. The lowest BCUT2D eigenvalue weighted by Gasteiger charge is -2.29. The average molecular weight is 337 g/mol. The molecule has 0 saturated heterocycles. The number of Topliss-reactive ketones (excluding diaryl/α,β-unsaturated/α-hetero) is 1. The van der Waals surface area contributed by atoms with Gasteiger partial charge in [0.2, 0.25) is 0 Å². The highest BCUT2D eigenvalue weighted by molar-refractivity contribution is 6.17. The number of rotatable bonds is 5. The van der Waals surface area contributed by atoms with Crippen molar-refractivity contribution < 1.29 is 14.3 Å². The van der Waals surface area contributed by atoms with E-state index in [9.17, 15) is 4.79 Å². The van der Waals surface area contributed by atoms with Crippen molar-refractivity contribution >= 4 is 11.5 Å². The minimum absolute atomic E-state index is 0.00856. The van der Waals surface area contributed by atoms with E-state index in [1.54, 1.807) is 32.4 Å². The molecular weight excluding hydrogens is 314 g/mol. The number of benzene rings is 2. The standard InChI is InChI=1S/C21H23NO3/c1-21(2)13-14-7-5-6-8-16(14)18(22-21)12-19(23)17-10-9-15(24-3)11-20(17)25-4/h5-11H,12-13H2,1-4H3. The molecule has 0 amide bonds. The summed E-state index contributed by atoms with van der Waals surface area (Å²) in [6.45, 7) is 4.20. The van der Waals surface area contributed by atoms with E-state index >= 15 is 0 Å². The fourth-order valence-electron chi connectivity index (χ4n) is 3.30. The lowest BCUT2D eigenvalue weighted by atomic mass is 9.85. The molecule has 25 heavy (non-hydrogen) atoms. The summed E-state index contributed by atoms with van der Waals surface area (Å²) in [4.78, 5) is 17.8. The van der Waals surface area contributed by atoms with E-state index in [4.69, 9.17) is 14.5 Å². The van der Waals surface area contributed by atoms with Gasteiger partial charge in [-0.05, 0) is 43.5 Å². The van der Waals surface area contributed by atoms with Crippen molar-refractivity contribution in [3.8, 4) is 11.5 Å². The molecule has 0 fully saturated rings. The summed E-state index contributed by atoms with van der Waals surface area (Å²) in [7, 11) is 3.15. The molecule has 0 bridgehead atoms. The van der Waals surface area contributed by atoms with Crippen molar-refractivity contribution in [2.24, 2.45) is 4.99 Å². The van der Waals surface area contributed by atoms with Crippen LogP contribution in [0.25, 0.3) is 0 Å². The molecule has 1 heterocycles. The average Bonchev–Trinajstić information content (AvgIpc) is 2.60. The van der Waals surface area contributed by atoms with E-state index in [1.165, 1.54) is 5.56 Å². The summed E-state index contributed by atoms with van der Waals surface area (Å²) in [5.74, 6) is 1.17. The van der Waals surface area contributed by atoms with Gasteiger partial charge in [0.1, 0.15) is 11.5 Å². The minimum atomic E-state index is -0.200. The fraction of sp³-hybridized carbons (Fsp3) is 0.333. The first-order valence-corrected chi connectivity index (χ1v) is 8.36. The van der Waals surface area contributed by atoms with Gasteiger partial charge >= 0.3 is 0 Å². The summed E-state index contributed by atoms with van der Waals surface area (Å²) in [5.41, 5.74) is 3.50. The number of ether oxygens (including phenoxy) is 2. The lowest BCUT2D eigenvalue weighted by molar-refractivity contribution is 0.0997. The SMILES string of the molecule is COc1ccc(C(=O)CC2=NC(C)(C)Cc3ccccc32)c(OC)c1. The zero-order valence-corrected chi connectivity index (χ0v) is 15.1. The number of hydrogen-bond acceptors (Lipinski definition) is 4. The van der Waals surface area contributed by atoms with Crippen LogP contribution in [0.3, 0.4) is 0 Å². The summed E-state index contributed by atoms with van der Waals surface area (Å²) < 4.78 is 10.6. The predicted molar refractivity (Wildman–Crippen MR) is 99.3 cm³/mol. The van der Waals surface area contributed by atoms with Gasteiger partial charge in [0.15, 0.2) is 5.78 Å². The molecule has 0 radical (unpaired) electrons. The Bertz CT molecular complexity index is 837. The largest absolute Gasteiger partial charge is 0.497 e. The van der Waals surface area contributed by atoms with E-state index < -0.39 is 0 Å². The number of nitrogens with zero attached hydrogens (tertiary/aromatic N) is 1. The van der Waals surface area contributed by atoms with Crippen LogP contribution in [-0.2, 0) is 6.42 Å². The van der Waals surface area contributed by atoms with Crippen molar-refractivity contribution in [1.82, 2.24) is 0 Å². The highest BCUT2D eigenvalue weighted by Crippen LogP contribution is 2.30. The maximum absolute atomic E-state index is 12.9. The number of carbonyl (C=O) groups is 1. The third-order valence-corrected chi connectivity index (χ3v) is 4.43. The quantitative estimate of drug-likeness (QED) is 0.772. The number of hydrogen-bond donors (Lipinski definition) is 0. The summed E-state index contributed by atoms with van der Waals surface area (Å²) in [6.07, 6.45) is 1.13. The van der Waals surface area contributed by atoms with Gasteiger partial charge < -0.3 is 9.47 Å². The molecule has 0 aromatic heterocycles. The van der Waals surface area contributed by atoms with Gasteiger partial charge in [0.05, 0.1) is 37.5 Å². The first-order chi connectivity index (χ1) is 11.9. The van der Waals surface area contributed by atoms with Crippen LogP contribution in [0.4, 0.5) is 0 Å². The van der Waals surface area contributed by atoms with Gasteiger partial charge in [-0.2, -0.15) is 0 Å². The number of aliphatic imine (C=N–C) groups is 1. The molecule has 1 aliphatic heterocycles. The third-order valence-electron chi connectivity index (χ3n) is 4.43. The summed E-state index contributed by atoms with van der Waals surface area (Å²) >= 11 is 0. The van der Waals surface area contributed by atoms with Crippen molar-refractivity contribution in [1.29, 1.82) is 0 Å². The topological polar surface area (TPSA) is 47.9 Å². The molecule has 0 saturated carbocycles. The van der Waals surface area contributed by atoms with E-state index in [0.29, 0.717) is 17.1 Å². The lowest BCUT2D eigenvalue weighted by Crippen LogP contribution is -2.30. The maximum Gasteiger partial charge on any atom is 0.172 e. The molecule has 1 aliphatic rings. The summed E-state index contributed by atoms with van der Waals surface area (Å²) in [5, 5.41) is 0. The third kappa shape index (κ3) is 3.58. The second kappa shape index (κ2) is 6.71. The highest BCUT2D eigenvalue weighted by Gasteiger charge is 2.28. The van der Waals surface area contributed by atoms with Gasteiger partial charge in [-0.15, -0.1) is 0 Å². The zero-order chi connectivity index (χ0) is 18.0. The second-order valence-corrected chi connectivity index (χ2v) is 6.87. The van der Waals surface area contributed by atoms with Gasteiger partial charge in [-0.3, -0.25) is 9.79 Å². The molecule has 0 atom stereocenters. The van der Waals surface area contributed by atoms with E-state index in [0.717, 1.165) is 17.7 Å². The Balaban J connectivity index is 1.94. The van der Waals surface area contributed by atoms with E-state index in [-0.39, 0.29) is 17.7 Å².